The largest absolute Gasteiger partial charge is 0.339 e. The van der Waals surface area contributed by atoms with E-state index in [2.05, 4.69) is 17.4 Å². The zero-order valence-corrected chi connectivity index (χ0v) is 13.2. The Kier molecular flexibility index (Phi) is 4.74. The Morgan fingerprint density at radius 1 is 1.14 bits per heavy atom. The first kappa shape index (κ1) is 15.0. The third kappa shape index (κ3) is 3.14. The summed E-state index contributed by atoms with van der Waals surface area (Å²) in [7, 11) is 2.00. The summed E-state index contributed by atoms with van der Waals surface area (Å²) >= 11 is 0. The SMILES string of the molecule is CNCCC1CCN(C(=O)c2cccc3ccccc23)CC1. The molecule has 0 atom stereocenters. The van der Waals surface area contributed by atoms with Gasteiger partial charge in [-0.2, -0.15) is 0 Å². The summed E-state index contributed by atoms with van der Waals surface area (Å²) in [5, 5.41) is 5.41. The van der Waals surface area contributed by atoms with Crippen LogP contribution in [0.3, 0.4) is 0 Å². The number of hydrogen-bond donors (Lipinski definition) is 1. The van der Waals surface area contributed by atoms with E-state index in [1.165, 1.54) is 6.42 Å². The van der Waals surface area contributed by atoms with E-state index in [9.17, 15) is 4.79 Å². The van der Waals surface area contributed by atoms with Crippen LogP contribution >= 0.6 is 0 Å². The van der Waals surface area contributed by atoms with Crippen molar-refractivity contribution < 1.29 is 4.79 Å². The van der Waals surface area contributed by atoms with Gasteiger partial charge in [-0.25, -0.2) is 0 Å². The first-order chi connectivity index (χ1) is 10.8. The van der Waals surface area contributed by atoms with Crippen LogP contribution in [-0.4, -0.2) is 37.5 Å². The molecular formula is C19H24N2O. The van der Waals surface area contributed by atoms with Gasteiger partial charge >= 0.3 is 0 Å². The molecule has 1 heterocycles. The number of nitrogens with zero attached hydrogens (tertiary/aromatic N) is 1. The molecule has 0 bridgehead atoms. The Morgan fingerprint density at radius 3 is 2.64 bits per heavy atom. The van der Waals surface area contributed by atoms with Gasteiger partial charge in [0.25, 0.3) is 5.91 Å². The Bertz CT molecular complexity index is 639. The number of amides is 1. The summed E-state index contributed by atoms with van der Waals surface area (Å²) in [6.07, 6.45) is 3.46. The lowest BCUT2D eigenvalue weighted by Gasteiger charge is -2.32. The summed E-state index contributed by atoms with van der Waals surface area (Å²) in [6, 6.07) is 14.1. The molecule has 1 aliphatic heterocycles. The maximum atomic E-state index is 12.8. The number of benzene rings is 2. The number of carbonyl (C=O) groups is 1. The van der Waals surface area contributed by atoms with Crippen LogP contribution in [0, 0.1) is 5.92 Å². The molecule has 2 aromatic carbocycles. The van der Waals surface area contributed by atoms with E-state index in [1.807, 2.05) is 42.3 Å². The fourth-order valence-electron chi connectivity index (χ4n) is 3.36. The van der Waals surface area contributed by atoms with Crippen LogP contribution in [0.15, 0.2) is 42.5 Å². The third-order valence-electron chi connectivity index (χ3n) is 4.72. The van der Waals surface area contributed by atoms with E-state index in [-0.39, 0.29) is 5.91 Å². The molecule has 0 aliphatic carbocycles. The lowest BCUT2D eigenvalue weighted by molar-refractivity contribution is 0.0689. The molecular weight excluding hydrogens is 272 g/mol. The van der Waals surface area contributed by atoms with Crippen molar-refractivity contribution in [1.82, 2.24) is 10.2 Å². The highest BCUT2D eigenvalue weighted by Crippen LogP contribution is 2.24. The molecule has 1 N–H and O–H groups in total. The van der Waals surface area contributed by atoms with Gasteiger partial charge in [-0.15, -0.1) is 0 Å². The van der Waals surface area contributed by atoms with E-state index in [0.717, 1.165) is 54.7 Å². The second-order valence-corrected chi connectivity index (χ2v) is 6.15. The highest BCUT2D eigenvalue weighted by molar-refractivity contribution is 6.07. The predicted octanol–water partition coefficient (Wildman–Crippen LogP) is 3.30. The number of fused-ring (bicyclic) bond motifs is 1. The number of nitrogens with one attached hydrogen (secondary N) is 1. The van der Waals surface area contributed by atoms with Crippen LogP contribution in [-0.2, 0) is 0 Å². The average Bonchev–Trinajstić information content (AvgIpc) is 2.59. The summed E-state index contributed by atoms with van der Waals surface area (Å²) < 4.78 is 0. The molecule has 3 rings (SSSR count). The second-order valence-electron chi connectivity index (χ2n) is 6.15. The number of likely N-dealkylation sites (tertiary alicyclic amines) is 1. The van der Waals surface area contributed by atoms with Crippen molar-refractivity contribution in [2.24, 2.45) is 5.92 Å². The quantitative estimate of drug-likeness (QED) is 0.939. The van der Waals surface area contributed by atoms with Gasteiger partial charge < -0.3 is 10.2 Å². The predicted molar refractivity (Wildman–Crippen MR) is 91.1 cm³/mol. The van der Waals surface area contributed by atoms with E-state index >= 15 is 0 Å². The smallest absolute Gasteiger partial charge is 0.254 e. The fraction of sp³-hybridized carbons (Fsp3) is 0.421. The van der Waals surface area contributed by atoms with Crippen molar-refractivity contribution in [3.8, 4) is 0 Å². The van der Waals surface area contributed by atoms with Gasteiger partial charge in [0.05, 0.1) is 0 Å². The first-order valence-corrected chi connectivity index (χ1v) is 8.21. The van der Waals surface area contributed by atoms with E-state index in [0.29, 0.717) is 0 Å². The standard InChI is InChI=1S/C19H24N2O/c1-20-12-9-15-10-13-21(14-11-15)19(22)18-8-4-6-16-5-2-3-7-17(16)18/h2-8,15,20H,9-14H2,1H3. The molecule has 2 aromatic rings. The van der Waals surface area contributed by atoms with Crippen molar-refractivity contribution in [2.45, 2.75) is 19.3 Å². The van der Waals surface area contributed by atoms with Crippen molar-refractivity contribution in [3.05, 3.63) is 48.0 Å². The molecule has 0 spiro atoms. The van der Waals surface area contributed by atoms with Crippen LogP contribution in [0.25, 0.3) is 10.8 Å². The molecule has 1 aliphatic rings. The van der Waals surface area contributed by atoms with Gasteiger partial charge in [-0.1, -0.05) is 36.4 Å². The molecule has 0 unspecified atom stereocenters. The molecule has 1 fully saturated rings. The molecule has 1 amide bonds. The zero-order chi connectivity index (χ0) is 15.4. The van der Waals surface area contributed by atoms with Crippen LogP contribution in [0.1, 0.15) is 29.6 Å². The Labute approximate surface area is 132 Å². The molecule has 0 aromatic heterocycles. The van der Waals surface area contributed by atoms with Crippen molar-refractivity contribution >= 4 is 16.7 Å². The monoisotopic (exact) mass is 296 g/mol. The topological polar surface area (TPSA) is 32.3 Å². The van der Waals surface area contributed by atoms with Crippen LogP contribution in [0.4, 0.5) is 0 Å². The molecule has 0 radical (unpaired) electrons. The van der Waals surface area contributed by atoms with Crippen LogP contribution < -0.4 is 5.32 Å². The Hall–Kier alpha value is -1.87. The van der Waals surface area contributed by atoms with Gasteiger partial charge in [0, 0.05) is 18.7 Å². The lowest BCUT2D eigenvalue weighted by atomic mass is 9.93. The maximum Gasteiger partial charge on any atom is 0.254 e. The van der Waals surface area contributed by atoms with Gasteiger partial charge in [0.2, 0.25) is 0 Å². The van der Waals surface area contributed by atoms with E-state index in [4.69, 9.17) is 0 Å². The molecule has 116 valence electrons. The van der Waals surface area contributed by atoms with Crippen LogP contribution in [0.5, 0.6) is 0 Å². The maximum absolute atomic E-state index is 12.8. The highest BCUT2D eigenvalue weighted by atomic mass is 16.2. The summed E-state index contributed by atoms with van der Waals surface area (Å²) in [4.78, 5) is 14.9. The third-order valence-corrected chi connectivity index (χ3v) is 4.72. The Morgan fingerprint density at radius 2 is 1.86 bits per heavy atom. The number of piperidine rings is 1. The van der Waals surface area contributed by atoms with E-state index in [1.54, 1.807) is 0 Å². The minimum Gasteiger partial charge on any atom is -0.339 e. The van der Waals surface area contributed by atoms with Crippen molar-refractivity contribution in [2.75, 3.05) is 26.7 Å². The average molecular weight is 296 g/mol. The fourth-order valence-corrected chi connectivity index (χ4v) is 3.36. The minimum absolute atomic E-state index is 0.184. The molecule has 22 heavy (non-hydrogen) atoms. The van der Waals surface area contributed by atoms with E-state index < -0.39 is 0 Å². The minimum atomic E-state index is 0.184. The number of rotatable bonds is 4. The number of carbonyl (C=O) groups excluding carboxylic acids is 1. The van der Waals surface area contributed by atoms with Gasteiger partial charge in [-0.05, 0) is 55.6 Å². The summed E-state index contributed by atoms with van der Waals surface area (Å²) in [6.45, 7) is 2.84. The lowest BCUT2D eigenvalue weighted by Crippen LogP contribution is -2.39. The molecule has 3 nitrogen and oxygen atoms in total. The zero-order valence-electron chi connectivity index (χ0n) is 13.2. The summed E-state index contributed by atoms with van der Waals surface area (Å²) in [5.41, 5.74) is 0.840. The molecule has 1 saturated heterocycles. The second kappa shape index (κ2) is 6.93. The normalized spacial score (nSPS) is 16.1. The number of hydrogen-bond acceptors (Lipinski definition) is 2. The van der Waals surface area contributed by atoms with Gasteiger partial charge in [0.15, 0.2) is 0 Å². The van der Waals surface area contributed by atoms with Crippen molar-refractivity contribution in [1.29, 1.82) is 0 Å². The van der Waals surface area contributed by atoms with Crippen LogP contribution in [0.2, 0.25) is 0 Å². The van der Waals surface area contributed by atoms with Crippen molar-refractivity contribution in [3.63, 3.8) is 0 Å². The van der Waals surface area contributed by atoms with Gasteiger partial charge in [-0.3, -0.25) is 4.79 Å². The molecule has 0 saturated carbocycles. The first-order valence-electron chi connectivity index (χ1n) is 8.21. The Balaban J connectivity index is 1.72. The van der Waals surface area contributed by atoms with Gasteiger partial charge in [0.1, 0.15) is 0 Å². The highest BCUT2D eigenvalue weighted by Gasteiger charge is 2.24. The summed E-state index contributed by atoms with van der Waals surface area (Å²) in [5.74, 6) is 0.938. The molecule has 3 heteroatoms.